The number of ether oxygens (including phenoxy) is 2. The molecule has 1 N–H and O–H groups in total. The summed E-state index contributed by atoms with van der Waals surface area (Å²) < 4.78 is 37.8. The summed E-state index contributed by atoms with van der Waals surface area (Å²) in [5.74, 6) is 0.621. The van der Waals surface area contributed by atoms with Crippen molar-refractivity contribution in [3.8, 4) is 5.75 Å². The largest absolute Gasteiger partial charge is 0.492 e. The lowest BCUT2D eigenvalue weighted by molar-refractivity contribution is -0.126. The number of benzene rings is 2. The van der Waals surface area contributed by atoms with Gasteiger partial charge >= 0.3 is 0 Å². The van der Waals surface area contributed by atoms with Crippen LogP contribution < -0.4 is 10.1 Å². The lowest BCUT2D eigenvalue weighted by Gasteiger charge is -2.28. The molecule has 0 atom stereocenters. The molecule has 2 aromatic carbocycles. The van der Waals surface area contributed by atoms with Crippen molar-refractivity contribution in [1.29, 1.82) is 0 Å². The fourth-order valence-electron chi connectivity index (χ4n) is 4.53. The number of nitrogens with zero attached hydrogens (tertiary/aromatic N) is 1. The molecule has 0 radical (unpaired) electrons. The van der Waals surface area contributed by atoms with Crippen molar-refractivity contribution >= 4 is 15.9 Å². The lowest BCUT2D eigenvalue weighted by atomic mass is 9.78. The van der Waals surface area contributed by atoms with Gasteiger partial charge in [-0.05, 0) is 42.7 Å². The van der Waals surface area contributed by atoms with Gasteiger partial charge in [-0.25, -0.2) is 8.42 Å². The van der Waals surface area contributed by atoms with E-state index in [0.29, 0.717) is 45.2 Å². The molecule has 32 heavy (non-hydrogen) atoms. The van der Waals surface area contributed by atoms with Crippen LogP contribution in [0.2, 0.25) is 0 Å². The van der Waals surface area contributed by atoms with E-state index in [-0.39, 0.29) is 10.8 Å². The number of hydrogen-bond acceptors (Lipinski definition) is 5. The number of hydrogen-bond donors (Lipinski definition) is 1. The van der Waals surface area contributed by atoms with Gasteiger partial charge in [0.05, 0.1) is 30.1 Å². The maximum Gasteiger partial charge on any atom is 0.243 e. The van der Waals surface area contributed by atoms with Gasteiger partial charge in [0.25, 0.3) is 0 Å². The summed E-state index contributed by atoms with van der Waals surface area (Å²) in [7, 11) is -3.52. The average molecular weight is 459 g/mol. The summed E-state index contributed by atoms with van der Waals surface area (Å²) in [4.78, 5) is 13.3. The fourth-order valence-corrected chi connectivity index (χ4v) is 5.94. The number of morpholine rings is 1. The van der Waals surface area contributed by atoms with Crippen LogP contribution in [0.25, 0.3) is 0 Å². The summed E-state index contributed by atoms with van der Waals surface area (Å²) in [6.07, 6.45) is 3.84. The molecule has 2 aliphatic rings. The predicted octanol–water partition coefficient (Wildman–Crippen LogP) is 2.71. The molecule has 1 aliphatic carbocycles. The van der Waals surface area contributed by atoms with Crippen molar-refractivity contribution in [2.24, 2.45) is 0 Å². The molecule has 172 valence electrons. The normalized spacial score (nSPS) is 18.9. The molecule has 4 rings (SSSR count). The molecular weight excluding hydrogens is 428 g/mol. The predicted molar refractivity (Wildman–Crippen MR) is 121 cm³/mol. The highest BCUT2D eigenvalue weighted by atomic mass is 32.2. The number of nitrogens with one attached hydrogen (secondary N) is 1. The average Bonchev–Trinajstić information content (AvgIpc) is 3.35. The standard InChI is InChI=1S/C24H30N2O5S/c27-23(24(12-4-5-13-24)20-6-2-1-3-7-20)25-14-17-31-21-8-10-22(11-9-21)32(28,29)26-15-18-30-19-16-26/h1-3,6-11H,4-5,12-19H2,(H,25,27). The van der Waals surface area contributed by atoms with Gasteiger partial charge in [-0.15, -0.1) is 0 Å². The minimum atomic E-state index is -3.52. The monoisotopic (exact) mass is 458 g/mol. The van der Waals surface area contributed by atoms with E-state index in [2.05, 4.69) is 5.32 Å². The molecule has 1 heterocycles. The van der Waals surface area contributed by atoms with E-state index in [0.717, 1.165) is 31.2 Å². The van der Waals surface area contributed by atoms with Crippen LogP contribution >= 0.6 is 0 Å². The van der Waals surface area contributed by atoms with Crippen LogP contribution in [0.1, 0.15) is 31.2 Å². The number of sulfonamides is 1. The molecule has 0 unspecified atom stereocenters. The van der Waals surface area contributed by atoms with E-state index in [1.54, 1.807) is 24.3 Å². The van der Waals surface area contributed by atoms with Crippen LogP contribution in [0.15, 0.2) is 59.5 Å². The fraction of sp³-hybridized carbons (Fsp3) is 0.458. The summed E-state index contributed by atoms with van der Waals surface area (Å²) >= 11 is 0. The van der Waals surface area contributed by atoms with Gasteiger partial charge in [0.2, 0.25) is 15.9 Å². The van der Waals surface area contributed by atoms with Crippen LogP contribution in [0, 0.1) is 0 Å². The smallest absolute Gasteiger partial charge is 0.243 e. The van der Waals surface area contributed by atoms with Gasteiger partial charge in [-0.2, -0.15) is 4.31 Å². The minimum absolute atomic E-state index is 0.0525. The van der Waals surface area contributed by atoms with E-state index in [9.17, 15) is 13.2 Å². The third-order valence-electron chi connectivity index (χ3n) is 6.31. The zero-order valence-electron chi connectivity index (χ0n) is 18.2. The Morgan fingerprint density at radius 1 is 1.00 bits per heavy atom. The van der Waals surface area contributed by atoms with Crippen LogP contribution in [0.4, 0.5) is 0 Å². The number of carbonyl (C=O) groups is 1. The van der Waals surface area contributed by atoms with Crippen molar-refractivity contribution in [2.45, 2.75) is 36.0 Å². The summed E-state index contributed by atoms with van der Waals surface area (Å²) in [5.41, 5.74) is 0.629. The quantitative estimate of drug-likeness (QED) is 0.615. The summed E-state index contributed by atoms with van der Waals surface area (Å²) in [5, 5.41) is 3.03. The summed E-state index contributed by atoms with van der Waals surface area (Å²) in [6.45, 7) is 2.26. The van der Waals surface area contributed by atoms with Crippen LogP contribution in [0.5, 0.6) is 5.75 Å². The Kier molecular flexibility index (Phi) is 7.13. The Bertz CT molecular complexity index is 996. The van der Waals surface area contributed by atoms with Gasteiger partial charge in [-0.1, -0.05) is 43.2 Å². The Morgan fingerprint density at radius 2 is 1.66 bits per heavy atom. The van der Waals surface area contributed by atoms with Crippen molar-refractivity contribution < 1.29 is 22.7 Å². The van der Waals surface area contributed by atoms with Crippen LogP contribution in [0.3, 0.4) is 0 Å². The van der Waals surface area contributed by atoms with Gasteiger partial charge in [0.15, 0.2) is 0 Å². The Hall–Kier alpha value is -2.42. The molecule has 0 aromatic heterocycles. The zero-order chi connectivity index (χ0) is 22.4. The SMILES string of the molecule is O=C(NCCOc1ccc(S(=O)(=O)N2CCOCC2)cc1)C1(c2ccccc2)CCCC1. The third kappa shape index (κ3) is 4.82. The van der Waals surface area contributed by atoms with Crippen LogP contribution in [-0.2, 0) is 25.0 Å². The summed E-state index contributed by atoms with van der Waals surface area (Å²) in [6, 6.07) is 16.4. The van der Waals surface area contributed by atoms with E-state index in [1.807, 2.05) is 30.3 Å². The molecule has 1 aliphatic heterocycles. The third-order valence-corrected chi connectivity index (χ3v) is 8.22. The van der Waals surface area contributed by atoms with E-state index in [1.165, 1.54) is 4.31 Å². The highest BCUT2D eigenvalue weighted by molar-refractivity contribution is 7.89. The first-order valence-corrected chi connectivity index (χ1v) is 12.6. The minimum Gasteiger partial charge on any atom is -0.492 e. The lowest BCUT2D eigenvalue weighted by Crippen LogP contribution is -2.43. The highest BCUT2D eigenvalue weighted by Crippen LogP contribution is 2.41. The molecule has 2 aromatic rings. The maximum atomic E-state index is 13.0. The van der Waals surface area contributed by atoms with Crippen molar-refractivity contribution in [3.63, 3.8) is 0 Å². The van der Waals surface area contributed by atoms with E-state index in [4.69, 9.17) is 9.47 Å². The zero-order valence-corrected chi connectivity index (χ0v) is 19.0. The first-order valence-electron chi connectivity index (χ1n) is 11.2. The van der Waals surface area contributed by atoms with Crippen molar-refractivity contribution in [1.82, 2.24) is 9.62 Å². The first-order chi connectivity index (χ1) is 15.5. The molecule has 0 spiro atoms. The molecule has 2 fully saturated rings. The molecule has 1 saturated carbocycles. The van der Waals surface area contributed by atoms with Gasteiger partial charge in [0.1, 0.15) is 12.4 Å². The molecule has 8 heteroatoms. The second-order valence-corrected chi connectivity index (χ2v) is 10.2. The van der Waals surface area contributed by atoms with Gasteiger partial charge in [-0.3, -0.25) is 4.79 Å². The Labute approximate surface area is 189 Å². The highest BCUT2D eigenvalue weighted by Gasteiger charge is 2.42. The Balaban J connectivity index is 1.30. The van der Waals surface area contributed by atoms with Gasteiger partial charge < -0.3 is 14.8 Å². The first kappa shape index (κ1) is 22.8. The van der Waals surface area contributed by atoms with Crippen molar-refractivity contribution in [2.75, 3.05) is 39.5 Å². The van der Waals surface area contributed by atoms with E-state index < -0.39 is 15.4 Å². The molecule has 1 amide bonds. The second-order valence-electron chi connectivity index (χ2n) is 8.25. The Morgan fingerprint density at radius 3 is 2.31 bits per heavy atom. The molecule has 0 bridgehead atoms. The van der Waals surface area contributed by atoms with Crippen molar-refractivity contribution in [3.05, 3.63) is 60.2 Å². The second kappa shape index (κ2) is 10.0. The molecular formula is C24H30N2O5S. The van der Waals surface area contributed by atoms with E-state index >= 15 is 0 Å². The van der Waals surface area contributed by atoms with Gasteiger partial charge in [0, 0.05) is 13.1 Å². The molecule has 7 nitrogen and oxygen atoms in total. The van der Waals surface area contributed by atoms with Crippen LogP contribution in [-0.4, -0.2) is 58.1 Å². The topological polar surface area (TPSA) is 84.9 Å². The number of amides is 1. The number of rotatable bonds is 8. The number of carbonyl (C=O) groups excluding carboxylic acids is 1. The maximum absolute atomic E-state index is 13.0. The molecule has 1 saturated heterocycles.